The number of aromatic nitrogens is 2. The summed E-state index contributed by atoms with van der Waals surface area (Å²) in [6, 6.07) is 23.1. The fourth-order valence-corrected chi connectivity index (χ4v) is 3.27. The lowest BCUT2D eigenvalue weighted by Gasteiger charge is -2.16. The lowest BCUT2D eigenvalue weighted by Crippen LogP contribution is -2.38. The number of hydrogen-bond acceptors (Lipinski definition) is 5. The van der Waals surface area contributed by atoms with E-state index in [0.29, 0.717) is 17.5 Å². The number of methoxy groups -OCH3 is 1. The molecule has 0 aliphatic rings. The second kappa shape index (κ2) is 9.98. The Kier molecular flexibility index (Phi) is 6.67. The van der Waals surface area contributed by atoms with Crippen LogP contribution in [-0.2, 0) is 6.54 Å². The second-order valence-corrected chi connectivity index (χ2v) is 7.41. The molecule has 4 aromatic rings. The molecule has 7 nitrogen and oxygen atoms in total. The number of halogens is 1. The Hall–Kier alpha value is -3.84. The van der Waals surface area contributed by atoms with E-state index in [2.05, 4.69) is 20.8 Å². The first-order valence-electron chi connectivity index (χ1n) is 9.94. The van der Waals surface area contributed by atoms with Gasteiger partial charge in [0.15, 0.2) is 0 Å². The molecule has 1 atom stereocenters. The fraction of sp³-hybridized carbons (Fsp3) is 0.125. The molecule has 0 bridgehead atoms. The van der Waals surface area contributed by atoms with Crippen LogP contribution in [0.15, 0.2) is 83.3 Å². The van der Waals surface area contributed by atoms with Gasteiger partial charge in [-0.15, -0.1) is 10.2 Å². The van der Waals surface area contributed by atoms with Gasteiger partial charge >= 0.3 is 6.03 Å². The van der Waals surface area contributed by atoms with E-state index >= 15 is 0 Å². The van der Waals surface area contributed by atoms with E-state index in [0.717, 1.165) is 22.4 Å². The number of nitrogens with one attached hydrogen (secondary N) is 2. The molecule has 4 rings (SSSR count). The van der Waals surface area contributed by atoms with Gasteiger partial charge in [0.25, 0.3) is 0 Å². The quantitative estimate of drug-likeness (QED) is 0.416. The maximum Gasteiger partial charge on any atom is 0.315 e. The highest BCUT2D eigenvalue weighted by atomic mass is 35.5. The molecule has 32 heavy (non-hydrogen) atoms. The van der Waals surface area contributed by atoms with Crippen molar-refractivity contribution in [2.24, 2.45) is 0 Å². The van der Waals surface area contributed by atoms with Crippen LogP contribution in [0.5, 0.6) is 5.75 Å². The molecule has 0 aliphatic heterocycles. The van der Waals surface area contributed by atoms with Gasteiger partial charge in [0, 0.05) is 17.1 Å². The standard InChI is InChI=1S/C24H21ClN4O3/c1-31-20-9-5-6-16(14-20)15-26-24(30)27-21(17-7-3-2-4-8-17)23-29-28-22(32-23)18-10-12-19(25)13-11-18/h2-14,21H,15H2,1H3,(H2,26,27,30). The van der Waals surface area contributed by atoms with Crippen molar-refractivity contribution in [2.45, 2.75) is 12.6 Å². The number of urea groups is 1. The summed E-state index contributed by atoms with van der Waals surface area (Å²) in [4.78, 5) is 12.7. The van der Waals surface area contributed by atoms with Gasteiger partial charge in [0.2, 0.25) is 11.8 Å². The average Bonchev–Trinajstić information content (AvgIpc) is 3.32. The third kappa shape index (κ3) is 5.25. The molecule has 0 saturated heterocycles. The minimum atomic E-state index is -0.616. The first-order chi connectivity index (χ1) is 15.6. The number of carbonyl (C=O) groups excluding carboxylic acids is 1. The topological polar surface area (TPSA) is 89.3 Å². The van der Waals surface area contributed by atoms with Crippen LogP contribution >= 0.6 is 11.6 Å². The molecule has 1 aromatic heterocycles. The van der Waals surface area contributed by atoms with Gasteiger partial charge in [-0.25, -0.2) is 4.79 Å². The van der Waals surface area contributed by atoms with Gasteiger partial charge in [-0.1, -0.05) is 54.1 Å². The molecule has 0 fully saturated rings. The summed E-state index contributed by atoms with van der Waals surface area (Å²) in [5.41, 5.74) is 2.47. The maximum atomic E-state index is 12.7. The predicted octanol–water partition coefficient (Wildman–Crippen LogP) is 4.99. The Morgan fingerprint density at radius 3 is 2.56 bits per heavy atom. The Labute approximate surface area is 190 Å². The molecule has 0 saturated carbocycles. The van der Waals surface area contributed by atoms with E-state index in [-0.39, 0.29) is 11.9 Å². The Bertz CT molecular complexity index is 1180. The molecule has 0 spiro atoms. The molecular formula is C24H21ClN4O3. The summed E-state index contributed by atoms with van der Waals surface area (Å²) in [7, 11) is 1.60. The van der Waals surface area contributed by atoms with Crippen LogP contribution in [0.3, 0.4) is 0 Å². The van der Waals surface area contributed by atoms with Gasteiger partial charge in [-0.2, -0.15) is 0 Å². The smallest absolute Gasteiger partial charge is 0.315 e. The third-order valence-electron chi connectivity index (χ3n) is 4.77. The Balaban J connectivity index is 1.51. The predicted molar refractivity (Wildman–Crippen MR) is 121 cm³/mol. The van der Waals surface area contributed by atoms with Crippen molar-refractivity contribution < 1.29 is 13.9 Å². The van der Waals surface area contributed by atoms with Crippen molar-refractivity contribution >= 4 is 17.6 Å². The van der Waals surface area contributed by atoms with Crippen LogP contribution in [0.25, 0.3) is 11.5 Å². The summed E-state index contributed by atoms with van der Waals surface area (Å²) < 4.78 is 11.1. The zero-order valence-corrected chi connectivity index (χ0v) is 18.0. The summed E-state index contributed by atoms with van der Waals surface area (Å²) in [6.45, 7) is 0.338. The van der Waals surface area contributed by atoms with Crippen LogP contribution in [0.4, 0.5) is 4.79 Å². The number of nitrogens with zero attached hydrogens (tertiary/aromatic N) is 2. The molecule has 8 heteroatoms. The van der Waals surface area contributed by atoms with E-state index in [1.165, 1.54) is 0 Å². The summed E-state index contributed by atoms with van der Waals surface area (Å²) >= 11 is 5.95. The molecule has 1 heterocycles. The molecule has 3 aromatic carbocycles. The highest BCUT2D eigenvalue weighted by molar-refractivity contribution is 6.30. The van der Waals surface area contributed by atoms with E-state index in [1.54, 1.807) is 31.4 Å². The van der Waals surface area contributed by atoms with Gasteiger partial charge < -0.3 is 19.8 Å². The molecule has 2 N–H and O–H groups in total. The Morgan fingerprint density at radius 1 is 1.03 bits per heavy atom. The number of carbonyl (C=O) groups is 1. The fourth-order valence-electron chi connectivity index (χ4n) is 3.14. The first-order valence-corrected chi connectivity index (χ1v) is 10.3. The highest BCUT2D eigenvalue weighted by Gasteiger charge is 2.23. The van der Waals surface area contributed by atoms with Gasteiger partial charge in [-0.3, -0.25) is 0 Å². The largest absolute Gasteiger partial charge is 0.497 e. The van der Waals surface area contributed by atoms with E-state index in [1.807, 2.05) is 54.6 Å². The number of ether oxygens (including phenoxy) is 1. The number of hydrogen-bond donors (Lipinski definition) is 2. The second-order valence-electron chi connectivity index (χ2n) is 6.97. The van der Waals surface area contributed by atoms with E-state index in [9.17, 15) is 4.79 Å². The summed E-state index contributed by atoms with van der Waals surface area (Å²) in [5, 5.41) is 14.7. The minimum absolute atomic E-state index is 0.276. The van der Waals surface area contributed by atoms with Gasteiger partial charge in [0.1, 0.15) is 11.8 Å². The van der Waals surface area contributed by atoms with Crippen LogP contribution in [0.2, 0.25) is 5.02 Å². The van der Waals surface area contributed by atoms with E-state index < -0.39 is 6.04 Å². The molecule has 0 aliphatic carbocycles. The number of amides is 2. The van der Waals surface area contributed by atoms with Gasteiger partial charge in [-0.05, 0) is 47.5 Å². The molecule has 2 amide bonds. The minimum Gasteiger partial charge on any atom is -0.497 e. The lowest BCUT2D eigenvalue weighted by molar-refractivity contribution is 0.236. The maximum absolute atomic E-state index is 12.7. The van der Waals surface area contributed by atoms with Crippen LogP contribution < -0.4 is 15.4 Å². The number of benzene rings is 3. The molecule has 162 valence electrons. The summed E-state index contributed by atoms with van der Waals surface area (Å²) in [5.74, 6) is 1.35. The normalized spacial score (nSPS) is 11.6. The van der Waals surface area contributed by atoms with Crippen LogP contribution in [0, 0.1) is 0 Å². The SMILES string of the molecule is COc1cccc(CNC(=O)NC(c2ccccc2)c2nnc(-c3ccc(Cl)cc3)o2)c1. The number of rotatable bonds is 7. The van der Waals surface area contributed by atoms with E-state index in [4.69, 9.17) is 20.8 Å². The monoisotopic (exact) mass is 448 g/mol. The van der Waals surface area contributed by atoms with Crippen molar-refractivity contribution in [2.75, 3.05) is 7.11 Å². The highest BCUT2D eigenvalue weighted by Crippen LogP contribution is 2.26. The lowest BCUT2D eigenvalue weighted by atomic mass is 10.1. The van der Waals surface area contributed by atoms with Crippen molar-refractivity contribution in [3.8, 4) is 17.2 Å². The Morgan fingerprint density at radius 2 is 1.81 bits per heavy atom. The van der Waals surface area contributed by atoms with Crippen LogP contribution in [-0.4, -0.2) is 23.3 Å². The molecular weight excluding hydrogens is 428 g/mol. The molecule has 0 radical (unpaired) electrons. The summed E-state index contributed by atoms with van der Waals surface area (Å²) in [6.07, 6.45) is 0. The van der Waals surface area contributed by atoms with Crippen molar-refractivity contribution in [1.29, 1.82) is 0 Å². The zero-order chi connectivity index (χ0) is 22.3. The third-order valence-corrected chi connectivity index (χ3v) is 5.03. The average molecular weight is 449 g/mol. The molecule has 1 unspecified atom stereocenters. The van der Waals surface area contributed by atoms with Crippen molar-refractivity contribution in [3.05, 3.63) is 101 Å². The van der Waals surface area contributed by atoms with Crippen molar-refractivity contribution in [1.82, 2.24) is 20.8 Å². The van der Waals surface area contributed by atoms with Crippen molar-refractivity contribution in [3.63, 3.8) is 0 Å². The first kappa shape index (κ1) is 21.4. The zero-order valence-electron chi connectivity index (χ0n) is 17.3. The van der Waals surface area contributed by atoms with Gasteiger partial charge in [0.05, 0.1) is 7.11 Å². The van der Waals surface area contributed by atoms with Crippen LogP contribution in [0.1, 0.15) is 23.1 Å².